The molecule has 0 aromatic carbocycles. The van der Waals surface area contributed by atoms with Crippen LogP contribution in [0, 0.1) is 6.92 Å². The van der Waals surface area contributed by atoms with Crippen molar-refractivity contribution in [1.29, 1.82) is 0 Å². The van der Waals surface area contributed by atoms with E-state index in [-0.39, 0.29) is 5.91 Å². The molecule has 2 rings (SSSR count). The van der Waals surface area contributed by atoms with Crippen LogP contribution in [0.15, 0.2) is 16.7 Å². The molecule has 1 aromatic rings. The minimum Gasteiger partial charge on any atom is -0.466 e. The number of nitrogens with one attached hydrogen (secondary N) is 2. The van der Waals surface area contributed by atoms with E-state index in [2.05, 4.69) is 10.6 Å². The Kier molecular flexibility index (Phi) is 1.58. The maximum atomic E-state index is 11.2. The van der Waals surface area contributed by atoms with E-state index >= 15 is 0 Å². The molecule has 5 nitrogen and oxygen atoms in total. The number of rotatable bonds is 1. The highest BCUT2D eigenvalue weighted by Gasteiger charge is 2.33. The van der Waals surface area contributed by atoms with Crippen LogP contribution in [0.25, 0.3) is 0 Å². The number of aryl methyl sites for hydroxylation is 1. The molecule has 13 heavy (non-hydrogen) atoms. The van der Waals surface area contributed by atoms with Crippen LogP contribution in [0.1, 0.15) is 17.4 Å². The second-order valence-corrected chi connectivity index (χ2v) is 2.86. The van der Waals surface area contributed by atoms with E-state index in [9.17, 15) is 9.59 Å². The Morgan fingerprint density at radius 1 is 1.46 bits per heavy atom. The van der Waals surface area contributed by atoms with E-state index in [1.807, 2.05) is 6.92 Å². The molecule has 1 atom stereocenters. The third kappa shape index (κ3) is 1.18. The van der Waals surface area contributed by atoms with Crippen LogP contribution in [-0.4, -0.2) is 11.9 Å². The molecule has 0 saturated carbocycles. The van der Waals surface area contributed by atoms with E-state index < -0.39 is 12.1 Å². The van der Waals surface area contributed by atoms with Gasteiger partial charge in [-0.1, -0.05) is 0 Å². The zero-order chi connectivity index (χ0) is 9.42. The van der Waals surface area contributed by atoms with Gasteiger partial charge in [-0.3, -0.25) is 10.1 Å². The Morgan fingerprint density at radius 2 is 2.23 bits per heavy atom. The van der Waals surface area contributed by atoms with Crippen LogP contribution in [0.4, 0.5) is 4.79 Å². The minimum absolute atomic E-state index is 0.372. The summed E-state index contributed by atoms with van der Waals surface area (Å²) in [4.78, 5) is 22.0. The van der Waals surface area contributed by atoms with E-state index in [1.165, 1.54) is 6.26 Å². The van der Waals surface area contributed by atoms with Crippen molar-refractivity contribution in [2.75, 3.05) is 0 Å². The van der Waals surface area contributed by atoms with Gasteiger partial charge in [-0.2, -0.15) is 0 Å². The van der Waals surface area contributed by atoms with Gasteiger partial charge in [0.25, 0.3) is 5.91 Å². The molecule has 0 aliphatic carbocycles. The first-order chi connectivity index (χ1) is 6.18. The molecule has 5 heteroatoms. The standard InChI is InChI=1S/C8H8N2O3/c1-4-2-3-13-6(4)5-7(11)10-8(12)9-5/h2-3,5H,1H3,(H2,9,10,11,12). The first-order valence-corrected chi connectivity index (χ1v) is 3.84. The van der Waals surface area contributed by atoms with Crippen LogP contribution >= 0.6 is 0 Å². The Labute approximate surface area is 74.1 Å². The SMILES string of the molecule is Cc1ccoc1C1NC(=O)NC1=O. The summed E-state index contributed by atoms with van der Waals surface area (Å²) in [6.07, 6.45) is 1.49. The monoisotopic (exact) mass is 180 g/mol. The zero-order valence-corrected chi connectivity index (χ0v) is 6.96. The summed E-state index contributed by atoms with van der Waals surface area (Å²) in [6.45, 7) is 1.82. The van der Waals surface area contributed by atoms with Crippen molar-refractivity contribution in [3.8, 4) is 0 Å². The second kappa shape index (κ2) is 2.62. The third-order valence-corrected chi connectivity index (χ3v) is 1.94. The smallest absolute Gasteiger partial charge is 0.322 e. The number of hydrogen-bond donors (Lipinski definition) is 2. The lowest BCUT2D eigenvalue weighted by molar-refractivity contribution is -0.120. The topological polar surface area (TPSA) is 71.3 Å². The molecule has 1 saturated heterocycles. The van der Waals surface area contributed by atoms with Crippen LogP contribution in [0.3, 0.4) is 0 Å². The highest BCUT2D eigenvalue weighted by atomic mass is 16.3. The summed E-state index contributed by atoms with van der Waals surface area (Å²) in [6, 6.07) is 0.584. The summed E-state index contributed by atoms with van der Waals surface area (Å²) in [5, 5.41) is 4.59. The molecule has 0 bridgehead atoms. The first kappa shape index (κ1) is 7.85. The highest BCUT2D eigenvalue weighted by Crippen LogP contribution is 2.20. The van der Waals surface area contributed by atoms with E-state index in [1.54, 1.807) is 6.07 Å². The van der Waals surface area contributed by atoms with Gasteiger partial charge in [0.15, 0.2) is 6.04 Å². The summed E-state index contributed by atoms with van der Waals surface area (Å²) >= 11 is 0. The average Bonchev–Trinajstić information content (AvgIpc) is 2.58. The van der Waals surface area contributed by atoms with Crippen LogP contribution in [0.5, 0.6) is 0 Å². The molecule has 1 aliphatic heterocycles. The summed E-state index contributed by atoms with van der Waals surface area (Å²) in [5.41, 5.74) is 0.849. The van der Waals surface area contributed by atoms with Crippen molar-refractivity contribution in [1.82, 2.24) is 10.6 Å². The third-order valence-electron chi connectivity index (χ3n) is 1.94. The molecular weight excluding hydrogens is 172 g/mol. The van der Waals surface area contributed by atoms with Gasteiger partial charge in [0, 0.05) is 0 Å². The highest BCUT2D eigenvalue weighted by molar-refractivity contribution is 6.04. The van der Waals surface area contributed by atoms with Gasteiger partial charge in [-0.15, -0.1) is 0 Å². The molecule has 0 spiro atoms. The first-order valence-electron chi connectivity index (χ1n) is 3.84. The molecule has 2 heterocycles. The Bertz CT molecular complexity index is 369. The van der Waals surface area contributed by atoms with Gasteiger partial charge in [0.2, 0.25) is 0 Å². The van der Waals surface area contributed by atoms with Crippen LogP contribution < -0.4 is 10.6 Å². The van der Waals surface area contributed by atoms with Crippen molar-refractivity contribution >= 4 is 11.9 Å². The fourth-order valence-electron chi connectivity index (χ4n) is 1.28. The van der Waals surface area contributed by atoms with Gasteiger partial charge in [-0.05, 0) is 18.6 Å². The number of amides is 3. The number of hydrogen-bond acceptors (Lipinski definition) is 3. The van der Waals surface area contributed by atoms with E-state index in [4.69, 9.17) is 4.42 Å². The predicted octanol–water partition coefficient (Wildman–Crippen LogP) is 0.469. The Morgan fingerprint density at radius 3 is 2.69 bits per heavy atom. The number of furan rings is 1. The molecule has 0 radical (unpaired) electrons. The fraction of sp³-hybridized carbons (Fsp3) is 0.250. The van der Waals surface area contributed by atoms with Crippen LogP contribution in [-0.2, 0) is 4.79 Å². The maximum Gasteiger partial charge on any atom is 0.322 e. The number of carbonyl (C=O) groups excluding carboxylic acids is 2. The summed E-state index contributed by atoms with van der Waals surface area (Å²) < 4.78 is 5.09. The van der Waals surface area contributed by atoms with Crippen molar-refractivity contribution < 1.29 is 14.0 Å². The molecule has 1 aromatic heterocycles. The zero-order valence-electron chi connectivity index (χ0n) is 6.96. The van der Waals surface area contributed by atoms with Gasteiger partial charge < -0.3 is 9.73 Å². The molecule has 68 valence electrons. The van der Waals surface area contributed by atoms with Gasteiger partial charge >= 0.3 is 6.03 Å². The number of imide groups is 1. The molecule has 2 N–H and O–H groups in total. The summed E-state index contributed by atoms with van der Waals surface area (Å²) in [7, 11) is 0. The van der Waals surface area contributed by atoms with E-state index in [0.29, 0.717) is 5.76 Å². The van der Waals surface area contributed by atoms with Crippen molar-refractivity contribution in [2.24, 2.45) is 0 Å². The van der Waals surface area contributed by atoms with Crippen molar-refractivity contribution in [3.63, 3.8) is 0 Å². The van der Waals surface area contributed by atoms with Gasteiger partial charge in [0.1, 0.15) is 5.76 Å². The normalized spacial score (nSPS) is 21.5. The molecule has 1 unspecified atom stereocenters. The predicted molar refractivity (Wildman–Crippen MR) is 42.9 cm³/mol. The maximum absolute atomic E-state index is 11.2. The Hall–Kier alpha value is -1.78. The Balaban J connectivity index is 2.32. The largest absolute Gasteiger partial charge is 0.466 e. The van der Waals surface area contributed by atoms with Gasteiger partial charge in [-0.25, -0.2) is 4.79 Å². The lowest BCUT2D eigenvalue weighted by Crippen LogP contribution is -2.22. The van der Waals surface area contributed by atoms with Crippen LogP contribution in [0.2, 0.25) is 0 Å². The molecule has 1 aliphatic rings. The number of carbonyl (C=O) groups is 2. The van der Waals surface area contributed by atoms with Crippen molar-refractivity contribution in [2.45, 2.75) is 13.0 Å². The lowest BCUT2D eigenvalue weighted by Gasteiger charge is -2.03. The number of urea groups is 1. The second-order valence-electron chi connectivity index (χ2n) is 2.86. The lowest BCUT2D eigenvalue weighted by atomic mass is 10.1. The molecular formula is C8H8N2O3. The van der Waals surface area contributed by atoms with E-state index in [0.717, 1.165) is 5.56 Å². The minimum atomic E-state index is -0.678. The fourth-order valence-corrected chi connectivity index (χ4v) is 1.28. The molecule has 3 amide bonds. The quantitative estimate of drug-likeness (QED) is 0.617. The molecule has 1 fully saturated rings. The average molecular weight is 180 g/mol. The van der Waals surface area contributed by atoms with Gasteiger partial charge in [0.05, 0.1) is 6.26 Å². The summed E-state index contributed by atoms with van der Waals surface area (Å²) in [5.74, 6) is 0.117. The van der Waals surface area contributed by atoms with Crippen molar-refractivity contribution in [3.05, 3.63) is 23.7 Å².